The number of furan rings is 1. The monoisotopic (exact) mass is 260 g/mol. The van der Waals surface area contributed by atoms with Gasteiger partial charge in [0.05, 0.1) is 12.1 Å². The van der Waals surface area contributed by atoms with Gasteiger partial charge < -0.3 is 15.5 Å². The first-order valence-electron chi connectivity index (χ1n) is 5.76. The van der Waals surface area contributed by atoms with Crippen LogP contribution in [0, 0.1) is 5.92 Å². The van der Waals surface area contributed by atoms with Gasteiger partial charge in [-0.25, -0.2) is 0 Å². The van der Waals surface area contributed by atoms with Crippen molar-refractivity contribution in [3.8, 4) is 0 Å². The molecule has 0 saturated carbocycles. The van der Waals surface area contributed by atoms with Crippen LogP contribution < -0.4 is 11.1 Å². The van der Waals surface area contributed by atoms with E-state index in [9.17, 15) is 4.79 Å². The maximum Gasteiger partial charge on any atom is 0.254 e. The summed E-state index contributed by atoms with van der Waals surface area (Å²) in [4.78, 5) is 11.7. The van der Waals surface area contributed by atoms with Crippen molar-refractivity contribution in [3.05, 3.63) is 23.7 Å². The van der Waals surface area contributed by atoms with E-state index in [1.807, 2.05) is 0 Å². The summed E-state index contributed by atoms with van der Waals surface area (Å²) in [5.74, 6) is 1.09. The van der Waals surface area contributed by atoms with E-state index in [1.54, 1.807) is 6.07 Å². The smallest absolute Gasteiger partial charge is 0.254 e. The first-order valence-corrected chi connectivity index (χ1v) is 5.76. The van der Waals surface area contributed by atoms with Crippen LogP contribution in [0.2, 0.25) is 0 Å². The van der Waals surface area contributed by atoms with Gasteiger partial charge in [0.15, 0.2) is 0 Å². The van der Waals surface area contributed by atoms with Crippen LogP contribution in [0.25, 0.3) is 0 Å². The molecule has 0 bridgehead atoms. The van der Waals surface area contributed by atoms with Crippen LogP contribution in [-0.4, -0.2) is 12.5 Å². The zero-order valence-electron chi connectivity index (χ0n) is 10.4. The van der Waals surface area contributed by atoms with E-state index < -0.39 is 0 Å². The number of nitrogens with one attached hydrogen (secondary N) is 1. The Balaban J connectivity index is 0.00000256. The lowest BCUT2D eigenvalue weighted by Gasteiger charge is -2.12. The molecule has 0 aliphatic carbocycles. The summed E-state index contributed by atoms with van der Waals surface area (Å²) >= 11 is 0. The van der Waals surface area contributed by atoms with Crippen LogP contribution in [0.1, 0.15) is 42.8 Å². The second kappa shape index (κ2) is 8.14. The summed E-state index contributed by atoms with van der Waals surface area (Å²) in [5.41, 5.74) is 5.95. The Morgan fingerprint density at radius 1 is 1.47 bits per heavy atom. The van der Waals surface area contributed by atoms with Crippen LogP contribution in [0.15, 0.2) is 16.7 Å². The van der Waals surface area contributed by atoms with Gasteiger partial charge in [0, 0.05) is 6.54 Å². The molecule has 0 fully saturated rings. The second-order valence-electron chi connectivity index (χ2n) is 3.90. The molecule has 4 nitrogen and oxygen atoms in total. The molecule has 0 radical (unpaired) electrons. The highest BCUT2D eigenvalue weighted by atomic mass is 35.5. The number of halogens is 1. The summed E-state index contributed by atoms with van der Waals surface area (Å²) < 4.78 is 5.11. The number of amides is 1. The van der Waals surface area contributed by atoms with Gasteiger partial charge in [0.1, 0.15) is 12.0 Å². The molecule has 0 spiro atoms. The second-order valence-corrected chi connectivity index (χ2v) is 3.90. The molecular formula is C12H21ClN2O2. The zero-order valence-corrected chi connectivity index (χ0v) is 11.2. The average Bonchev–Trinajstić information content (AvgIpc) is 2.78. The molecule has 0 aliphatic heterocycles. The Morgan fingerprint density at radius 2 is 2.12 bits per heavy atom. The molecule has 1 amide bonds. The van der Waals surface area contributed by atoms with Crippen molar-refractivity contribution in [3.63, 3.8) is 0 Å². The molecule has 1 aromatic heterocycles. The van der Waals surface area contributed by atoms with Crippen molar-refractivity contribution in [2.75, 3.05) is 6.54 Å². The number of nitrogens with two attached hydrogens (primary N) is 1. The molecule has 0 atom stereocenters. The van der Waals surface area contributed by atoms with E-state index in [4.69, 9.17) is 10.2 Å². The van der Waals surface area contributed by atoms with Crippen LogP contribution in [0.5, 0.6) is 0 Å². The molecule has 0 aromatic carbocycles. The lowest BCUT2D eigenvalue weighted by molar-refractivity contribution is 0.0946. The van der Waals surface area contributed by atoms with E-state index >= 15 is 0 Å². The molecule has 0 aliphatic rings. The molecule has 1 aromatic rings. The zero-order chi connectivity index (χ0) is 12.0. The fourth-order valence-corrected chi connectivity index (χ4v) is 1.52. The minimum absolute atomic E-state index is 0. The minimum Gasteiger partial charge on any atom is -0.467 e. The van der Waals surface area contributed by atoms with Crippen molar-refractivity contribution < 1.29 is 9.21 Å². The third kappa shape index (κ3) is 4.79. The first kappa shape index (κ1) is 16.0. The Bertz CT molecular complexity index is 335. The fraction of sp³-hybridized carbons (Fsp3) is 0.583. The maximum atomic E-state index is 11.7. The lowest BCUT2D eigenvalue weighted by atomic mass is 10.0. The van der Waals surface area contributed by atoms with Gasteiger partial charge >= 0.3 is 0 Å². The van der Waals surface area contributed by atoms with E-state index in [1.165, 1.54) is 6.26 Å². The molecular weight excluding hydrogens is 240 g/mol. The van der Waals surface area contributed by atoms with Crippen LogP contribution in [0.3, 0.4) is 0 Å². The topological polar surface area (TPSA) is 68.3 Å². The summed E-state index contributed by atoms with van der Waals surface area (Å²) in [6.07, 6.45) is 3.61. The van der Waals surface area contributed by atoms with Gasteiger partial charge in [-0.2, -0.15) is 0 Å². The maximum absolute atomic E-state index is 11.7. The van der Waals surface area contributed by atoms with Crippen LogP contribution in [0.4, 0.5) is 0 Å². The Morgan fingerprint density at radius 3 is 2.59 bits per heavy atom. The van der Waals surface area contributed by atoms with Crippen LogP contribution >= 0.6 is 12.4 Å². The highest BCUT2D eigenvalue weighted by Crippen LogP contribution is 2.08. The van der Waals surface area contributed by atoms with Crippen molar-refractivity contribution >= 4 is 18.3 Å². The Labute approximate surface area is 108 Å². The third-order valence-electron chi connectivity index (χ3n) is 2.82. The van der Waals surface area contributed by atoms with Crippen LogP contribution in [-0.2, 0) is 6.54 Å². The highest BCUT2D eigenvalue weighted by Gasteiger charge is 2.11. The van der Waals surface area contributed by atoms with E-state index in [2.05, 4.69) is 19.2 Å². The predicted octanol–water partition coefficient (Wildman–Crippen LogP) is 2.33. The lowest BCUT2D eigenvalue weighted by Crippen LogP contribution is -2.28. The summed E-state index contributed by atoms with van der Waals surface area (Å²) in [6.45, 7) is 5.30. The highest BCUT2D eigenvalue weighted by molar-refractivity contribution is 5.93. The fourth-order valence-electron chi connectivity index (χ4n) is 1.52. The third-order valence-corrected chi connectivity index (χ3v) is 2.82. The summed E-state index contributed by atoms with van der Waals surface area (Å²) in [7, 11) is 0. The molecule has 1 rings (SSSR count). The van der Waals surface area contributed by atoms with Crippen molar-refractivity contribution in [2.45, 2.75) is 33.2 Å². The van der Waals surface area contributed by atoms with Gasteiger partial charge in [-0.3, -0.25) is 4.79 Å². The first-order chi connectivity index (χ1) is 7.71. The van der Waals surface area contributed by atoms with Crippen molar-refractivity contribution in [2.24, 2.45) is 11.7 Å². The van der Waals surface area contributed by atoms with E-state index in [0.29, 0.717) is 23.8 Å². The molecule has 3 N–H and O–H groups in total. The number of hydrogen-bond donors (Lipinski definition) is 2. The predicted molar refractivity (Wildman–Crippen MR) is 70.3 cm³/mol. The van der Waals surface area contributed by atoms with E-state index in [0.717, 1.165) is 19.4 Å². The Kier molecular flexibility index (Phi) is 7.66. The van der Waals surface area contributed by atoms with Gasteiger partial charge in [0.25, 0.3) is 5.91 Å². The van der Waals surface area contributed by atoms with Gasteiger partial charge in [-0.05, 0) is 12.0 Å². The number of carbonyl (C=O) groups excluding carboxylic acids is 1. The normalized spacial score (nSPS) is 10.1. The minimum atomic E-state index is -0.0876. The quantitative estimate of drug-likeness (QED) is 0.825. The SMILES string of the molecule is CCC(CC)CNC(=O)c1coc(CN)c1.Cl. The number of carbonyl (C=O) groups is 1. The molecule has 5 heteroatoms. The molecule has 17 heavy (non-hydrogen) atoms. The standard InChI is InChI=1S/C12H20N2O2.ClH/c1-3-9(4-2)7-14-12(15)10-5-11(6-13)16-8-10;/h5,8-9H,3-4,6-7,13H2,1-2H3,(H,14,15);1H. The van der Waals surface area contributed by atoms with Gasteiger partial charge in [0.2, 0.25) is 0 Å². The Hall–Kier alpha value is -1.00. The summed E-state index contributed by atoms with van der Waals surface area (Å²) in [5, 5.41) is 2.90. The molecule has 0 saturated heterocycles. The van der Waals surface area contributed by atoms with Crippen molar-refractivity contribution in [1.29, 1.82) is 0 Å². The molecule has 1 heterocycles. The molecule has 0 unspecified atom stereocenters. The van der Waals surface area contributed by atoms with Crippen molar-refractivity contribution in [1.82, 2.24) is 5.32 Å². The largest absolute Gasteiger partial charge is 0.467 e. The van der Waals surface area contributed by atoms with Gasteiger partial charge in [-0.15, -0.1) is 12.4 Å². The van der Waals surface area contributed by atoms with E-state index in [-0.39, 0.29) is 18.3 Å². The number of hydrogen-bond acceptors (Lipinski definition) is 3. The average molecular weight is 261 g/mol. The summed E-state index contributed by atoms with van der Waals surface area (Å²) in [6, 6.07) is 1.68. The van der Waals surface area contributed by atoms with Gasteiger partial charge in [-0.1, -0.05) is 26.7 Å². The number of rotatable bonds is 6. The molecule has 98 valence electrons.